The molecule has 0 spiro atoms. The van der Waals surface area contributed by atoms with Crippen molar-refractivity contribution in [3.05, 3.63) is 35.1 Å². The molecule has 0 radical (unpaired) electrons. The van der Waals surface area contributed by atoms with Crippen molar-refractivity contribution in [1.29, 1.82) is 0 Å². The van der Waals surface area contributed by atoms with Crippen LogP contribution in [0.25, 0.3) is 11.0 Å². The summed E-state index contributed by atoms with van der Waals surface area (Å²) in [4.78, 5) is 0. The quantitative estimate of drug-likeness (QED) is 0.849. The molecule has 2 aromatic rings. The zero-order valence-electron chi connectivity index (χ0n) is 9.84. The van der Waals surface area contributed by atoms with E-state index >= 15 is 0 Å². The predicted molar refractivity (Wildman–Crippen MR) is 65.5 cm³/mol. The third-order valence-electron chi connectivity index (χ3n) is 3.18. The van der Waals surface area contributed by atoms with E-state index in [1.807, 2.05) is 0 Å². The van der Waals surface area contributed by atoms with Crippen LogP contribution in [-0.4, -0.2) is 6.04 Å². The maximum absolute atomic E-state index is 5.85. The third-order valence-corrected chi connectivity index (χ3v) is 3.18. The summed E-state index contributed by atoms with van der Waals surface area (Å²) in [6.07, 6.45) is 2.64. The maximum atomic E-state index is 5.85. The minimum Gasteiger partial charge on any atom is -0.460 e. The van der Waals surface area contributed by atoms with Crippen LogP contribution in [0.3, 0.4) is 0 Å². The molecule has 0 atom stereocenters. The summed E-state index contributed by atoms with van der Waals surface area (Å²) in [7, 11) is 0. The van der Waals surface area contributed by atoms with Crippen LogP contribution in [0.4, 0.5) is 0 Å². The average Bonchev–Trinajstić information content (AvgIpc) is 2.96. The lowest BCUT2D eigenvalue weighted by Gasteiger charge is -1.97. The Hall–Kier alpha value is -1.28. The van der Waals surface area contributed by atoms with Crippen LogP contribution in [0.15, 0.2) is 22.6 Å². The van der Waals surface area contributed by atoms with Gasteiger partial charge in [-0.05, 0) is 49.9 Å². The first-order valence-corrected chi connectivity index (χ1v) is 5.95. The van der Waals surface area contributed by atoms with Crippen LogP contribution in [0.1, 0.15) is 29.7 Å². The fraction of sp³-hybridized carbons (Fsp3) is 0.429. The lowest BCUT2D eigenvalue weighted by Crippen LogP contribution is -2.14. The molecule has 1 fully saturated rings. The van der Waals surface area contributed by atoms with Crippen molar-refractivity contribution in [3.63, 3.8) is 0 Å². The second-order valence-corrected chi connectivity index (χ2v) is 4.86. The molecule has 0 bridgehead atoms. The van der Waals surface area contributed by atoms with Gasteiger partial charge in [-0.2, -0.15) is 0 Å². The Kier molecular flexibility index (Phi) is 2.25. The molecule has 0 unspecified atom stereocenters. The molecule has 1 saturated carbocycles. The van der Waals surface area contributed by atoms with Gasteiger partial charge < -0.3 is 9.73 Å². The Morgan fingerprint density at radius 3 is 2.81 bits per heavy atom. The van der Waals surface area contributed by atoms with Crippen LogP contribution in [-0.2, 0) is 6.54 Å². The van der Waals surface area contributed by atoms with Gasteiger partial charge in [0, 0.05) is 11.4 Å². The van der Waals surface area contributed by atoms with Gasteiger partial charge in [0.15, 0.2) is 0 Å². The summed E-state index contributed by atoms with van der Waals surface area (Å²) in [5.74, 6) is 1.05. The molecule has 2 nitrogen and oxygen atoms in total. The molecule has 0 amide bonds. The second kappa shape index (κ2) is 3.63. The molecule has 0 saturated heterocycles. The summed E-state index contributed by atoms with van der Waals surface area (Å²) >= 11 is 0. The van der Waals surface area contributed by atoms with Crippen LogP contribution in [0.2, 0.25) is 0 Å². The first-order chi connectivity index (χ1) is 7.72. The molecule has 1 aromatic carbocycles. The van der Waals surface area contributed by atoms with Crippen molar-refractivity contribution < 1.29 is 4.42 Å². The van der Waals surface area contributed by atoms with Gasteiger partial charge in [0.2, 0.25) is 0 Å². The topological polar surface area (TPSA) is 25.2 Å². The standard InChI is InChI=1S/C14H17NO/c1-9-5-10(2)13-7-12(16-14(13)6-9)8-15-11-3-4-11/h5-7,11,15H,3-4,8H2,1-2H3. The van der Waals surface area contributed by atoms with E-state index in [-0.39, 0.29) is 0 Å². The molecule has 1 aliphatic rings. The van der Waals surface area contributed by atoms with E-state index in [0.29, 0.717) is 0 Å². The SMILES string of the molecule is Cc1cc(C)c2cc(CNC3CC3)oc2c1. The van der Waals surface area contributed by atoms with Gasteiger partial charge in [0.05, 0.1) is 6.54 Å². The lowest BCUT2D eigenvalue weighted by atomic mass is 10.1. The van der Waals surface area contributed by atoms with E-state index in [4.69, 9.17) is 4.42 Å². The highest BCUT2D eigenvalue weighted by molar-refractivity contribution is 5.82. The van der Waals surface area contributed by atoms with Crippen LogP contribution < -0.4 is 5.32 Å². The van der Waals surface area contributed by atoms with E-state index in [0.717, 1.165) is 23.9 Å². The Morgan fingerprint density at radius 1 is 1.25 bits per heavy atom. The molecule has 1 aromatic heterocycles. The second-order valence-electron chi connectivity index (χ2n) is 4.86. The Balaban J connectivity index is 1.91. The van der Waals surface area contributed by atoms with Gasteiger partial charge in [-0.3, -0.25) is 0 Å². The summed E-state index contributed by atoms with van der Waals surface area (Å²) in [6.45, 7) is 5.11. The lowest BCUT2D eigenvalue weighted by molar-refractivity contribution is 0.512. The van der Waals surface area contributed by atoms with Crippen molar-refractivity contribution in [2.75, 3.05) is 0 Å². The van der Waals surface area contributed by atoms with Crippen LogP contribution in [0, 0.1) is 13.8 Å². The number of fused-ring (bicyclic) bond motifs is 1. The smallest absolute Gasteiger partial charge is 0.134 e. The van der Waals surface area contributed by atoms with Gasteiger partial charge in [-0.1, -0.05) is 6.07 Å². The number of benzene rings is 1. The average molecular weight is 215 g/mol. The molecular formula is C14H17NO. The van der Waals surface area contributed by atoms with Gasteiger partial charge in [0.25, 0.3) is 0 Å². The van der Waals surface area contributed by atoms with Crippen LogP contribution in [0.5, 0.6) is 0 Å². The molecule has 1 aliphatic carbocycles. The van der Waals surface area contributed by atoms with E-state index in [1.54, 1.807) is 0 Å². The number of aryl methyl sites for hydroxylation is 2. The van der Waals surface area contributed by atoms with Crippen molar-refractivity contribution in [3.8, 4) is 0 Å². The Labute approximate surface area is 95.6 Å². The summed E-state index contributed by atoms with van der Waals surface area (Å²) in [6, 6.07) is 7.22. The molecule has 3 rings (SSSR count). The molecule has 1 N–H and O–H groups in total. The third kappa shape index (κ3) is 1.85. The number of rotatable bonds is 3. The molecule has 2 heteroatoms. The van der Waals surface area contributed by atoms with E-state index in [1.165, 1.54) is 29.4 Å². The molecule has 84 valence electrons. The predicted octanol–water partition coefficient (Wildman–Crippen LogP) is 3.30. The monoisotopic (exact) mass is 215 g/mol. The van der Waals surface area contributed by atoms with E-state index in [9.17, 15) is 0 Å². The summed E-state index contributed by atoms with van der Waals surface area (Å²) in [5.41, 5.74) is 3.59. The molecule has 16 heavy (non-hydrogen) atoms. The van der Waals surface area contributed by atoms with Gasteiger partial charge in [-0.25, -0.2) is 0 Å². The van der Waals surface area contributed by atoms with Crippen molar-refractivity contribution in [1.82, 2.24) is 5.32 Å². The van der Waals surface area contributed by atoms with Crippen LogP contribution >= 0.6 is 0 Å². The first-order valence-electron chi connectivity index (χ1n) is 5.95. The van der Waals surface area contributed by atoms with Gasteiger partial charge in [0.1, 0.15) is 11.3 Å². The van der Waals surface area contributed by atoms with Gasteiger partial charge in [-0.15, -0.1) is 0 Å². The number of nitrogens with one attached hydrogen (secondary N) is 1. The van der Waals surface area contributed by atoms with Gasteiger partial charge >= 0.3 is 0 Å². The van der Waals surface area contributed by atoms with Crippen molar-refractivity contribution >= 4 is 11.0 Å². The highest BCUT2D eigenvalue weighted by atomic mass is 16.3. The normalized spacial score (nSPS) is 15.9. The molecule has 1 heterocycles. The van der Waals surface area contributed by atoms with Crippen molar-refractivity contribution in [2.24, 2.45) is 0 Å². The maximum Gasteiger partial charge on any atom is 0.134 e. The largest absolute Gasteiger partial charge is 0.460 e. The summed E-state index contributed by atoms with van der Waals surface area (Å²) < 4.78 is 5.85. The van der Waals surface area contributed by atoms with E-state index in [2.05, 4.69) is 37.4 Å². The zero-order chi connectivity index (χ0) is 11.1. The zero-order valence-corrected chi connectivity index (χ0v) is 9.84. The number of hydrogen-bond acceptors (Lipinski definition) is 2. The minimum atomic E-state index is 0.732. The first kappa shape index (κ1) is 9.91. The fourth-order valence-corrected chi connectivity index (χ4v) is 2.16. The Bertz CT molecular complexity index is 523. The molecule has 0 aliphatic heterocycles. The highest BCUT2D eigenvalue weighted by Crippen LogP contribution is 2.25. The van der Waals surface area contributed by atoms with E-state index < -0.39 is 0 Å². The highest BCUT2D eigenvalue weighted by Gasteiger charge is 2.20. The fourth-order valence-electron chi connectivity index (χ4n) is 2.16. The minimum absolute atomic E-state index is 0.732. The Morgan fingerprint density at radius 2 is 2.06 bits per heavy atom. The summed E-state index contributed by atoms with van der Waals surface area (Å²) in [5, 5.41) is 4.72. The van der Waals surface area contributed by atoms with Crippen molar-refractivity contribution in [2.45, 2.75) is 39.3 Å². The molecular weight excluding hydrogens is 198 g/mol. The number of hydrogen-bond donors (Lipinski definition) is 1. The number of furan rings is 1.